The number of carboxylic acid groups (broad SMARTS) is 1. The van der Waals surface area contributed by atoms with Crippen molar-refractivity contribution >= 4 is 11.8 Å². The van der Waals surface area contributed by atoms with Gasteiger partial charge in [-0.05, 0) is 38.1 Å². The fourth-order valence-electron chi connectivity index (χ4n) is 1.84. The molecule has 0 saturated carbocycles. The van der Waals surface area contributed by atoms with Crippen LogP contribution in [-0.4, -0.2) is 41.0 Å². The molecule has 0 amide bonds. The van der Waals surface area contributed by atoms with Crippen molar-refractivity contribution in [3.05, 3.63) is 47.0 Å². The van der Waals surface area contributed by atoms with Crippen LogP contribution < -0.4 is 9.47 Å². The van der Waals surface area contributed by atoms with E-state index in [1.165, 1.54) is 20.1 Å². The zero-order chi connectivity index (χ0) is 18.3. The van der Waals surface area contributed by atoms with Crippen LogP contribution in [0.1, 0.15) is 39.3 Å². The first kappa shape index (κ1) is 19.1. The zero-order valence-electron chi connectivity index (χ0n) is 14.3. The summed E-state index contributed by atoms with van der Waals surface area (Å²) in [5, 5.41) is 8.57. The van der Waals surface area contributed by atoms with Crippen LogP contribution in [0.25, 0.3) is 0 Å². The molecular formula is C17H20N2O5. The number of ether oxygens (including phenoxy) is 2. The second-order valence-electron chi connectivity index (χ2n) is 4.83. The second kappa shape index (κ2) is 8.61. The van der Waals surface area contributed by atoms with Gasteiger partial charge in [0.15, 0.2) is 5.78 Å². The summed E-state index contributed by atoms with van der Waals surface area (Å²) in [6, 6.07) is 6.41. The quantitative estimate of drug-likeness (QED) is 0.859. The van der Waals surface area contributed by atoms with Crippen molar-refractivity contribution in [1.82, 2.24) is 9.97 Å². The van der Waals surface area contributed by atoms with Crippen molar-refractivity contribution in [2.45, 2.75) is 20.8 Å². The van der Waals surface area contributed by atoms with E-state index in [9.17, 15) is 9.59 Å². The highest BCUT2D eigenvalue weighted by molar-refractivity contribution is 5.92. The number of aromatic carboxylic acids is 1. The molecule has 0 radical (unpaired) electrons. The lowest BCUT2D eigenvalue weighted by Crippen LogP contribution is -2.02. The summed E-state index contributed by atoms with van der Waals surface area (Å²) in [7, 11) is 3.10. The summed E-state index contributed by atoms with van der Waals surface area (Å²) in [5.41, 5.74) is 1.84. The van der Waals surface area contributed by atoms with Gasteiger partial charge in [-0.2, -0.15) is 0 Å². The average Bonchev–Trinajstić information content (AvgIpc) is 2.55. The number of hydrogen-bond acceptors (Lipinski definition) is 6. The van der Waals surface area contributed by atoms with E-state index in [1.807, 2.05) is 6.92 Å². The van der Waals surface area contributed by atoms with Gasteiger partial charge in [0.2, 0.25) is 0 Å². The highest BCUT2D eigenvalue weighted by Crippen LogP contribution is 2.15. The molecule has 0 saturated heterocycles. The SMILES string of the molecule is COc1ccc(C(=O)O)nc1C.COc1ccc(C(C)=O)nc1C. The lowest BCUT2D eigenvalue weighted by molar-refractivity contribution is 0.0690. The number of carbonyl (C=O) groups excluding carboxylic acids is 1. The number of aryl methyl sites for hydroxylation is 2. The predicted octanol–water partition coefficient (Wildman–Crippen LogP) is 2.70. The second-order valence-corrected chi connectivity index (χ2v) is 4.83. The van der Waals surface area contributed by atoms with E-state index in [2.05, 4.69) is 9.97 Å². The fraction of sp³-hybridized carbons (Fsp3) is 0.294. The number of methoxy groups -OCH3 is 2. The largest absolute Gasteiger partial charge is 0.495 e. The number of carboxylic acids is 1. The summed E-state index contributed by atoms with van der Waals surface area (Å²) in [4.78, 5) is 29.2. The molecule has 7 heteroatoms. The van der Waals surface area contributed by atoms with Gasteiger partial charge < -0.3 is 14.6 Å². The van der Waals surface area contributed by atoms with Crippen LogP contribution in [0.4, 0.5) is 0 Å². The van der Waals surface area contributed by atoms with E-state index in [4.69, 9.17) is 14.6 Å². The minimum Gasteiger partial charge on any atom is -0.495 e. The molecule has 2 rings (SSSR count). The third kappa shape index (κ3) is 5.05. The highest BCUT2D eigenvalue weighted by atomic mass is 16.5. The Morgan fingerprint density at radius 2 is 1.29 bits per heavy atom. The first-order valence-corrected chi connectivity index (χ1v) is 7.07. The van der Waals surface area contributed by atoms with Crippen molar-refractivity contribution in [1.29, 1.82) is 0 Å². The number of carbonyl (C=O) groups is 2. The van der Waals surface area contributed by atoms with Crippen LogP contribution in [0.2, 0.25) is 0 Å². The number of rotatable bonds is 4. The Bertz CT molecular complexity index is 680. The molecule has 0 fully saturated rings. The van der Waals surface area contributed by atoms with Crippen LogP contribution in [0.5, 0.6) is 11.5 Å². The van der Waals surface area contributed by atoms with Gasteiger partial charge in [-0.25, -0.2) is 14.8 Å². The van der Waals surface area contributed by atoms with Crippen molar-refractivity contribution in [3.8, 4) is 11.5 Å². The topological polar surface area (TPSA) is 98.6 Å². The average molecular weight is 332 g/mol. The van der Waals surface area contributed by atoms with Crippen LogP contribution in [-0.2, 0) is 0 Å². The summed E-state index contributed by atoms with van der Waals surface area (Å²) in [6.45, 7) is 5.00. The Morgan fingerprint density at radius 3 is 1.62 bits per heavy atom. The van der Waals surface area contributed by atoms with Gasteiger partial charge in [0, 0.05) is 6.92 Å². The number of aromatic nitrogens is 2. The van der Waals surface area contributed by atoms with Gasteiger partial charge >= 0.3 is 5.97 Å². The molecule has 2 aromatic rings. The molecule has 0 bridgehead atoms. The van der Waals surface area contributed by atoms with Crippen LogP contribution in [0, 0.1) is 13.8 Å². The summed E-state index contributed by atoms with van der Waals surface area (Å²) < 4.78 is 9.93. The Morgan fingerprint density at radius 1 is 0.875 bits per heavy atom. The molecule has 0 aliphatic heterocycles. The van der Waals surface area contributed by atoms with E-state index in [-0.39, 0.29) is 11.5 Å². The lowest BCUT2D eigenvalue weighted by atomic mass is 10.2. The van der Waals surface area contributed by atoms with E-state index < -0.39 is 5.97 Å². The van der Waals surface area contributed by atoms with Crippen molar-refractivity contribution < 1.29 is 24.2 Å². The van der Waals surface area contributed by atoms with Gasteiger partial charge in [0.05, 0.1) is 25.6 Å². The van der Waals surface area contributed by atoms with Gasteiger partial charge in [-0.15, -0.1) is 0 Å². The molecular weight excluding hydrogens is 312 g/mol. The molecule has 2 heterocycles. The number of ketones is 1. The molecule has 0 aliphatic carbocycles. The van der Waals surface area contributed by atoms with Gasteiger partial charge in [-0.1, -0.05) is 0 Å². The molecule has 0 unspecified atom stereocenters. The first-order chi connectivity index (χ1) is 11.3. The minimum absolute atomic E-state index is 0.0271. The number of hydrogen-bond donors (Lipinski definition) is 1. The fourth-order valence-corrected chi connectivity index (χ4v) is 1.84. The Hall–Kier alpha value is -2.96. The summed E-state index contributed by atoms with van der Waals surface area (Å²) in [6.07, 6.45) is 0. The highest BCUT2D eigenvalue weighted by Gasteiger charge is 2.06. The van der Waals surface area contributed by atoms with E-state index in [0.717, 1.165) is 5.69 Å². The van der Waals surface area contributed by atoms with Crippen LogP contribution in [0.3, 0.4) is 0 Å². The molecule has 0 aliphatic rings. The Balaban J connectivity index is 0.000000240. The van der Waals surface area contributed by atoms with E-state index in [0.29, 0.717) is 22.9 Å². The van der Waals surface area contributed by atoms with Crippen molar-refractivity contribution in [2.75, 3.05) is 14.2 Å². The summed E-state index contributed by atoms with van der Waals surface area (Å²) in [5.74, 6) is 0.251. The maximum absolute atomic E-state index is 10.9. The molecule has 0 aromatic carbocycles. The normalized spacial score (nSPS) is 9.54. The molecule has 24 heavy (non-hydrogen) atoms. The number of Topliss-reactive ketones (excluding diaryl/α,β-unsaturated/α-hetero) is 1. The zero-order valence-corrected chi connectivity index (χ0v) is 14.3. The monoisotopic (exact) mass is 332 g/mol. The van der Waals surface area contributed by atoms with Gasteiger partial charge in [0.1, 0.15) is 22.9 Å². The molecule has 0 spiro atoms. The Kier molecular flexibility index (Phi) is 6.85. The predicted molar refractivity (Wildman–Crippen MR) is 88.0 cm³/mol. The smallest absolute Gasteiger partial charge is 0.354 e. The molecule has 2 aromatic heterocycles. The van der Waals surface area contributed by atoms with Crippen molar-refractivity contribution in [3.63, 3.8) is 0 Å². The van der Waals surface area contributed by atoms with E-state index >= 15 is 0 Å². The third-order valence-corrected chi connectivity index (χ3v) is 3.09. The van der Waals surface area contributed by atoms with Crippen LogP contribution in [0.15, 0.2) is 24.3 Å². The van der Waals surface area contributed by atoms with E-state index in [1.54, 1.807) is 32.2 Å². The first-order valence-electron chi connectivity index (χ1n) is 7.07. The number of nitrogens with zero attached hydrogens (tertiary/aromatic N) is 2. The lowest BCUT2D eigenvalue weighted by Gasteiger charge is -2.03. The van der Waals surface area contributed by atoms with Crippen molar-refractivity contribution in [2.24, 2.45) is 0 Å². The maximum Gasteiger partial charge on any atom is 0.354 e. The maximum atomic E-state index is 10.9. The molecule has 0 atom stereocenters. The molecule has 7 nitrogen and oxygen atoms in total. The Labute approximate surface area is 140 Å². The molecule has 1 N–H and O–H groups in total. The minimum atomic E-state index is -1.03. The van der Waals surface area contributed by atoms with Gasteiger partial charge in [0.25, 0.3) is 0 Å². The molecule has 128 valence electrons. The van der Waals surface area contributed by atoms with Crippen LogP contribution >= 0.6 is 0 Å². The summed E-state index contributed by atoms with van der Waals surface area (Å²) >= 11 is 0. The number of pyridine rings is 2. The van der Waals surface area contributed by atoms with Gasteiger partial charge in [-0.3, -0.25) is 4.79 Å². The standard InChI is InChI=1S/C9H11NO2.C8H9NO3/c1-6-9(12-3)5-4-8(10-6)7(2)11;1-5-7(12-2)4-3-6(9-5)8(10)11/h4-5H,1-3H3;3-4H,1-2H3,(H,10,11). The third-order valence-electron chi connectivity index (χ3n) is 3.09.